The number of hydrogen-bond donors (Lipinski definition) is 4. The third kappa shape index (κ3) is 4.64. The number of nitrogens with one attached hydrogen (secondary N) is 3. The van der Waals surface area contributed by atoms with Gasteiger partial charge < -0.3 is 15.8 Å². The zero-order valence-electron chi connectivity index (χ0n) is 12.8. The number of amides is 2. The molecule has 7 nitrogen and oxygen atoms in total. The van der Waals surface area contributed by atoms with Crippen molar-refractivity contribution in [3.8, 4) is 5.75 Å². The van der Waals surface area contributed by atoms with E-state index in [1.165, 1.54) is 12.1 Å². The summed E-state index contributed by atoms with van der Waals surface area (Å²) < 4.78 is 18.6. The number of nitrogens with two attached hydrogens (primary N) is 1. The van der Waals surface area contributed by atoms with Crippen LogP contribution in [0, 0.1) is 5.82 Å². The van der Waals surface area contributed by atoms with E-state index in [2.05, 4.69) is 16.2 Å². The van der Waals surface area contributed by atoms with Crippen molar-refractivity contribution in [3.05, 3.63) is 30.1 Å². The highest BCUT2D eigenvalue weighted by Crippen LogP contribution is 2.15. The average Bonchev–Trinajstić information content (AvgIpc) is 2.86. The summed E-state index contributed by atoms with van der Waals surface area (Å²) in [6.07, 6.45) is 0.645. The number of halogens is 1. The van der Waals surface area contributed by atoms with Crippen molar-refractivity contribution in [2.75, 3.05) is 6.61 Å². The zero-order chi connectivity index (χ0) is 16.8. The second-order valence-corrected chi connectivity index (χ2v) is 5.43. The van der Waals surface area contributed by atoms with Crippen LogP contribution in [0.4, 0.5) is 4.39 Å². The van der Waals surface area contributed by atoms with E-state index in [9.17, 15) is 14.0 Å². The van der Waals surface area contributed by atoms with Gasteiger partial charge in [0.25, 0.3) is 0 Å². The van der Waals surface area contributed by atoms with Crippen molar-refractivity contribution >= 4 is 11.8 Å². The molecule has 1 saturated heterocycles. The molecular formula is C15H21FN4O3. The Labute approximate surface area is 133 Å². The van der Waals surface area contributed by atoms with E-state index >= 15 is 0 Å². The Hall–Kier alpha value is -2.19. The van der Waals surface area contributed by atoms with Crippen molar-refractivity contribution in [2.24, 2.45) is 5.73 Å². The maximum atomic E-state index is 13.3. The molecule has 3 unspecified atom stereocenters. The largest absolute Gasteiger partial charge is 0.491 e. The van der Waals surface area contributed by atoms with Crippen molar-refractivity contribution in [1.82, 2.24) is 16.2 Å². The Kier molecular flexibility index (Phi) is 5.89. The minimum Gasteiger partial charge on any atom is -0.491 e. The number of para-hydroxylation sites is 1. The molecule has 2 amide bonds. The molecule has 2 rings (SSSR count). The smallest absolute Gasteiger partial charge is 0.238 e. The van der Waals surface area contributed by atoms with E-state index < -0.39 is 23.8 Å². The van der Waals surface area contributed by atoms with E-state index in [1.807, 2.05) is 6.92 Å². The minimum absolute atomic E-state index is 0.119. The molecule has 1 fully saturated rings. The first kappa shape index (κ1) is 17.2. The van der Waals surface area contributed by atoms with Gasteiger partial charge in [-0.15, -0.1) is 0 Å². The van der Waals surface area contributed by atoms with Gasteiger partial charge in [-0.25, -0.2) is 9.82 Å². The summed E-state index contributed by atoms with van der Waals surface area (Å²) in [7, 11) is 0. The van der Waals surface area contributed by atoms with Crippen molar-refractivity contribution < 1.29 is 18.7 Å². The average molecular weight is 324 g/mol. The van der Waals surface area contributed by atoms with E-state index in [0.717, 1.165) is 0 Å². The molecule has 0 aromatic heterocycles. The number of carbonyl (C=O) groups is 2. The predicted molar refractivity (Wildman–Crippen MR) is 81.8 cm³/mol. The quantitative estimate of drug-likeness (QED) is 0.521. The second-order valence-electron chi connectivity index (χ2n) is 5.43. The molecule has 0 radical (unpaired) electrons. The van der Waals surface area contributed by atoms with Gasteiger partial charge >= 0.3 is 0 Å². The third-order valence-corrected chi connectivity index (χ3v) is 3.64. The summed E-state index contributed by atoms with van der Waals surface area (Å²) in [6, 6.07) is 4.92. The van der Waals surface area contributed by atoms with Gasteiger partial charge in [0.05, 0.1) is 12.6 Å². The Morgan fingerprint density at radius 1 is 1.35 bits per heavy atom. The van der Waals surface area contributed by atoms with Crippen LogP contribution in [0.25, 0.3) is 0 Å². The number of primary amides is 1. The minimum atomic E-state index is -0.649. The van der Waals surface area contributed by atoms with Gasteiger partial charge in [0.2, 0.25) is 11.8 Å². The molecule has 1 heterocycles. The molecule has 1 aliphatic rings. The number of hydrazine groups is 1. The van der Waals surface area contributed by atoms with Gasteiger partial charge in [-0.2, -0.15) is 0 Å². The summed E-state index contributed by atoms with van der Waals surface area (Å²) in [6.45, 7) is 2.06. The SMILES string of the molecule is CC1NNC(C(N)=O)C1NC(=O)CCCOc1ccccc1F. The number of ether oxygens (including phenoxy) is 1. The highest BCUT2D eigenvalue weighted by molar-refractivity contribution is 5.83. The molecule has 1 aromatic rings. The highest BCUT2D eigenvalue weighted by Gasteiger charge is 2.37. The van der Waals surface area contributed by atoms with E-state index in [0.29, 0.717) is 6.42 Å². The van der Waals surface area contributed by atoms with Gasteiger partial charge in [-0.1, -0.05) is 12.1 Å². The molecule has 1 aromatic carbocycles. The molecule has 8 heteroatoms. The van der Waals surface area contributed by atoms with Crippen molar-refractivity contribution in [2.45, 2.75) is 37.9 Å². The lowest BCUT2D eigenvalue weighted by atomic mass is 10.0. The molecule has 126 valence electrons. The van der Waals surface area contributed by atoms with Gasteiger partial charge in [0, 0.05) is 12.5 Å². The monoisotopic (exact) mass is 324 g/mol. The molecule has 0 saturated carbocycles. The van der Waals surface area contributed by atoms with Crippen LogP contribution >= 0.6 is 0 Å². The van der Waals surface area contributed by atoms with Crippen LogP contribution in [0.5, 0.6) is 5.75 Å². The van der Waals surface area contributed by atoms with Gasteiger partial charge in [-0.05, 0) is 25.5 Å². The second kappa shape index (κ2) is 7.89. The van der Waals surface area contributed by atoms with Gasteiger partial charge in [0.1, 0.15) is 6.04 Å². The normalized spacial score (nSPS) is 23.5. The number of hydrogen-bond acceptors (Lipinski definition) is 5. The van der Waals surface area contributed by atoms with Crippen LogP contribution in [0.3, 0.4) is 0 Å². The molecule has 0 bridgehead atoms. The van der Waals surface area contributed by atoms with Gasteiger partial charge in [-0.3, -0.25) is 15.0 Å². The molecule has 5 N–H and O–H groups in total. The van der Waals surface area contributed by atoms with E-state index in [-0.39, 0.29) is 30.7 Å². The van der Waals surface area contributed by atoms with E-state index in [4.69, 9.17) is 10.5 Å². The van der Waals surface area contributed by atoms with Crippen LogP contribution in [-0.2, 0) is 9.59 Å². The summed E-state index contributed by atoms with van der Waals surface area (Å²) >= 11 is 0. The fraction of sp³-hybridized carbons (Fsp3) is 0.467. The Morgan fingerprint density at radius 2 is 2.09 bits per heavy atom. The lowest BCUT2D eigenvalue weighted by Crippen LogP contribution is -2.52. The predicted octanol–water partition coefficient (Wildman–Crippen LogP) is -0.180. The summed E-state index contributed by atoms with van der Waals surface area (Å²) in [5.74, 6) is -1.01. The maximum Gasteiger partial charge on any atom is 0.238 e. The highest BCUT2D eigenvalue weighted by atomic mass is 19.1. The summed E-state index contributed by atoms with van der Waals surface area (Å²) in [4.78, 5) is 23.2. The summed E-state index contributed by atoms with van der Waals surface area (Å²) in [5.41, 5.74) is 10.9. The summed E-state index contributed by atoms with van der Waals surface area (Å²) in [5, 5.41) is 2.78. The lowest BCUT2D eigenvalue weighted by molar-refractivity contribution is -0.123. The van der Waals surface area contributed by atoms with Crippen LogP contribution < -0.4 is 26.6 Å². The Balaban J connectivity index is 1.73. The Morgan fingerprint density at radius 3 is 2.78 bits per heavy atom. The van der Waals surface area contributed by atoms with Crippen LogP contribution in [0.1, 0.15) is 19.8 Å². The van der Waals surface area contributed by atoms with Crippen molar-refractivity contribution in [3.63, 3.8) is 0 Å². The molecule has 0 aliphatic carbocycles. The molecule has 1 aliphatic heterocycles. The molecule has 3 atom stereocenters. The van der Waals surface area contributed by atoms with Gasteiger partial charge in [0.15, 0.2) is 11.6 Å². The zero-order valence-corrected chi connectivity index (χ0v) is 12.8. The standard InChI is InChI=1S/C15H21FN4O3/c1-9-13(14(15(17)22)20-19-9)18-12(21)7-4-8-23-11-6-3-2-5-10(11)16/h2-3,5-6,9,13-14,19-20H,4,7-8H2,1H3,(H2,17,22)(H,18,21). The van der Waals surface area contributed by atoms with Crippen LogP contribution in [-0.4, -0.2) is 36.5 Å². The number of carbonyl (C=O) groups excluding carboxylic acids is 2. The fourth-order valence-corrected chi connectivity index (χ4v) is 2.38. The fourth-order valence-electron chi connectivity index (χ4n) is 2.38. The molecular weight excluding hydrogens is 303 g/mol. The lowest BCUT2D eigenvalue weighted by Gasteiger charge is -2.20. The first-order valence-electron chi connectivity index (χ1n) is 7.46. The van der Waals surface area contributed by atoms with E-state index in [1.54, 1.807) is 12.1 Å². The molecule has 23 heavy (non-hydrogen) atoms. The number of rotatable bonds is 7. The topological polar surface area (TPSA) is 105 Å². The first-order valence-corrected chi connectivity index (χ1v) is 7.46. The maximum absolute atomic E-state index is 13.3. The van der Waals surface area contributed by atoms with Crippen LogP contribution in [0.2, 0.25) is 0 Å². The molecule has 0 spiro atoms. The number of benzene rings is 1. The van der Waals surface area contributed by atoms with Crippen LogP contribution in [0.15, 0.2) is 24.3 Å². The first-order chi connectivity index (χ1) is 11.0. The Bertz CT molecular complexity index is 569. The third-order valence-electron chi connectivity index (χ3n) is 3.64. The van der Waals surface area contributed by atoms with Crippen molar-refractivity contribution in [1.29, 1.82) is 0 Å².